The van der Waals surface area contributed by atoms with Gasteiger partial charge in [-0.3, -0.25) is 9.59 Å². The lowest BCUT2D eigenvalue weighted by Gasteiger charge is -2.18. The van der Waals surface area contributed by atoms with Crippen molar-refractivity contribution in [2.24, 2.45) is 0 Å². The van der Waals surface area contributed by atoms with Gasteiger partial charge in [0, 0.05) is 25.9 Å². The van der Waals surface area contributed by atoms with Crippen molar-refractivity contribution in [3.63, 3.8) is 0 Å². The van der Waals surface area contributed by atoms with E-state index in [1.165, 1.54) is 11.3 Å². The number of likely N-dealkylation sites (tertiary alicyclic amines) is 1. The number of hydrogen-bond acceptors (Lipinski definition) is 3. The first kappa shape index (κ1) is 10.4. The van der Waals surface area contributed by atoms with Crippen LogP contribution in [0.3, 0.4) is 0 Å². The molecule has 0 atom stereocenters. The molecule has 1 aromatic heterocycles. The van der Waals surface area contributed by atoms with Gasteiger partial charge in [0.15, 0.2) is 0 Å². The van der Waals surface area contributed by atoms with E-state index in [9.17, 15) is 9.59 Å². The molecule has 1 amide bonds. The Bertz CT molecular complexity index is 359. The Morgan fingerprint density at radius 2 is 2.20 bits per heavy atom. The predicted octanol–water partition coefficient (Wildman–Crippen LogP) is 1.94. The summed E-state index contributed by atoms with van der Waals surface area (Å²) >= 11 is 1.46. The largest absolute Gasteiger partial charge is 0.337 e. The zero-order chi connectivity index (χ0) is 10.7. The minimum absolute atomic E-state index is 0.0692. The number of thiophene rings is 1. The van der Waals surface area contributed by atoms with Crippen molar-refractivity contribution in [3.05, 3.63) is 22.4 Å². The van der Waals surface area contributed by atoms with Crippen LogP contribution in [0, 0.1) is 0 Å². The number of amides is 1. The van der Waals surface area contributed by atoms with Crippen molar-refractivity contribution in [2.45, 2.75) is 19.3 Å². The van der Waals surface area contributed by atoms with Crippen LogP contribution in [0.1, 0.15) is 28.9 Å². The van der Waals surface area contributed by atoms with Crippen LogP contribution in [0.2, 0.25) is 0 Å². The van der Waals surface area contributed by atoms with Crippen molar-refractivity contribution in [3.8, 4) is 0 Å². The fourth-order valence-electron chi connectivity index (χ4n) is 1.72. The van der Waals surface area contributed by atoms with E-state index in [1.807, 2.05) is 17.5 Å². The second kappa shape index (κ2) is 4.57. The van der Waals surface area contributed by atoms with Crippen LogP contribution in [0.25, 0.3) is 0 Å². The number of carbonyl (C=O) groups is 2. The van der Waals surface area contributed by atoms with Gasteiger partial charge in [-0.2, -0.15) is 0 Å². The highest BCUT2D eigenvalue weighted by molar-refractivity contribution is 7.12. The monoisotopic (exact) mass is 223 g/mol. The van der Waals surface area contributed by atoms with Crippen molar-refractivity contribution in [1.29, 1.82) is 0 Å². The van der Waals surface area contributed by atoms with E-state index in [-0.39, 0.29) is 11.7 Å². The van der Waals surface area contributed by atoms with Crippen molar-refractivity contribution >= 4 is 23.0 Å². The molecule has 0 radical (unpaired) electrons. The Balaban J connectivity index is 2.04. The maximum absolute atomic E-state index is 11.9. The third-order valence-corrected chi connectivity index (χ3v) is 3.42. The molecule has 1 aliphatic heterocycles. The summed E-state index contributed by atoms with van der Waals surface area (Å²) in [6.07, 6.45) is 1.93. The molecule has 1 saturated heterocycles. The normalized spacial score (nSPS) is 17.6. The first-order chi connectivity index (χ1) is 7.27. The van der Waals surface area contributed by atoms with Gasteiger partial charge in [-0.05, 0) is 17.9 Å². The number of carbonyl (C=O) groups excluding carboxylic acids is 2. The number of hydrogen-bond donors (Lipinski definition) is 0. The summed E-state index contributed by atoms with van der Waals surface area (Å²) in [4.78, 5) is 25.7. The molecular formula is C11H13NO2S. The van der Waals surface area contributed by atoms with Crippen LogP contribution in [0.5, 0.6) is 0 Å². The highest BCUT2D eigenvalue weighted by Gasteiger charge is 2.20. The van der Waals surface area contributed by atoms with Crippen molar-refractivity contribution in [2.75, 3.05) is 13.1 Å². The number of Topliss-reactive ketones (excluding diaryl/α,β-unsaturated/α-hetero) is 1. The van der Waals surface area contributed by atoms with Crippen molar-refractivity contribution < 1.29 is 9.59 Å². The smallest absolute Gasteiger partial charge is 0.263 e. The van der Waals surface area contributed by atoms with Crippen molar-refractivity contribution in [1.82, 2.24) is 4.90 Å². The van der Waals surface area contributed by atoms with Crippen LogP contribution in [-0.2, 0) is 4.79 Å². The molecule has 0 N–H and O–H groups in total. The molecule has 15 heavy (non-hydrogen) atoms. The molecule has 0 unspecified atom stereocenters. The van der Waals surface area contributed by atoms with Gasteiger partial charge >= 0.3 is 0 Å². The molecule has 2 rings (SSSR count). The van der Waals surface area contributed by atoms with Gasteiger partial charge in [-0.25, -0.2) is 0 Å². The minimum atomic E-state index is 0.0692. The maximum Gasteiger partial charge on any atom is 0.263 e. The summed E-state index contributed by atoms with van der Waals surface area (Å²) in [6, 6.07) is 3.71. The Morgan fingerprint density at radius 1 is 1.33 bits per heavy atom. The molecule has 0 aliphatic carbocycles. The first-order valence-corrected chi connectivity index (χ1v) is 6.00. The Morgan fingerprint density at radius 3 is 2.93 bits per heavy atom. The fourth-order valence-corrected chi connectivity index (χ4v) is 2.41. The highest BCUT2D eigenvalue weighted by Crippen LogP contribution is 2.15. The van der Waals surface area contributed by atoms with E-state index in [4.69, 9.17) is 0 Å². The Kier molecular flexibility index (Phi) is 3.16. The first-order valence-electron chi connectivity index (χ1n) is 5.12. The number of rotatable bonds is 1. The van der Waals surface area contributed by atoms with Crippen LogP contribution >= 0.6 is 11.3 Å². The molecular weight excluding hydrogens is 210 g/mol. The van der Waals surface area contributed by atoms with Crippen LogP contribution in [0.4, 0.5) is 0 Å². The molecule has 0 aromatic carbocycles. The molecule has 0 spiro atoms. The highest BCUT2D eigenvalue weighted by atomic mass is 32.1. The summed E-state index contributed by atoms with van der Waals surface area (Å²) < 4.78 is 0. The number of nitrogens with zero attached hydrogens (tertiary/aromatic N) is 1. The van der Waals surface area contributed by atoms with Gasteiger partial charge in [0.25, 0.3) is 5.91 Å². The summed E-state index contributed by atoms with van der Waals surface area (Å²) in [5.41, 5.74) is 0. The third-order valence-electron chi connectivity index (χ3n) is 2.56. The molecule has 4 heteroatoms. The summed E-state index contributed by atoms with van der Waals surface area (Å²) in [6.45, 7) is 1.29. The summed E-state index contributed by atoms with van der Waals surface area (Å²) in [5, 5.41) is 1.90. The van der Waals surface area contributed by atoms with Crippen LogP contribution in [0.15, 0.2) is 17.5 Å². The van der Waals surface area contributed by atoms with Gasteiger partial charge < -0.3 is 4.90 Å². The minimum Gasteiger partial charge on any atom is -0.337 e. The maximum atomic E-state index is 11.9. The van der Waals surface area contributed by atoms with E-state index in [0.717, 1.165) is 11.3 Å². The van der Waals surface area contributed by atoms with E-state index >= 15 is 0 Å². The third kappa shape index (κ3) is 2.45. The lowest BCUT2D eigenvalue weighted by atomic mass is 10.2. The quantitative estimate of drug-likeness (QED) is 0.729. The average Bonchev–Trinajstić information content (AvgIpc) is 2.67. The standard InChI is InChI=1S/C11H13NO2S/c13-9-3-1-6-12(7-5-9)11(14)10-4-2-8-15-10/h2,4,8H,1,3,5-7H2. The predicted molar refractivity (Wildman–Crippen MR) is 59.1 cm³/mol. The zero-order valence-corrected chi connectivity index (χ0v) is 9.26. The summed E-state index contributed by atoms with van der Waals surface area (Å²) in [5.74, 6) is 0.344. The van der Waals surface area contributed by atoms with Crippen LogP contribution < -0.4 is 0 Å². The molecule has 3 nitrogen and oxygen atoms in total. The number of ketones is 1. The van der Waals surface area contributed by atoms with E-state index in [2.05, 4.69) is 0 Å². The van der Waals surface area contributed by atoms with Crippen LogP contribution in [-0.4, -0.2) is 29.7 Å². The van der Waals surface area contributed by atoms with E-state index < -0.39 is 0 Å². The molecule has 1 aliphatic rings. The van der Waals surface area contributed by atoms with E-state index in [1.54, 1.807) is 4.90 Å². The Labute approximate surface area is 92.7 Å². The Hall–Kier alpha value is -1.16. The van der Waals surface area contributed by atoms with Gasteiger partial charge in [-0.1, -0.05) is 6.07 Å². The lowest BCUT2D eigenvalue weighted by Crippen LogP contribution is -2.31. The van der Waals surface area contributed by atoms with E-state index in [0.29, 0.717) is 25.9 Å². The molecule has 1 fully saturated rings. The zero-order valence-electron chi connectivity index (χ0n) is 8.44. The topological polar surface area (TPSA) is 37.4 Å². The molecule has 0 bridgehead atoms. The summed E-state index contributed by atoms with van der Waals surface area (Å²) in [7, 11) is 0. The van der Waals surface area contributed by atoms with Gasteiger partial charge in [0.05, 0.1) is 4.88 Å². The molecule has 1 aromatic rings. The average molecular weight is 223 g/mol. The molecule has 2 heterocycles. The van der Waals surface area contributed by atoms with Gasteiger partial charge in [-0.15, -0.1) is 11.3 Å². The lowest BCUT2D eigenvalue weighted by molar-refractivity contribution is -0.118. The SMILES string of the molecule is O=C1CCCN(C(=O)c2cccs2)CC1. The fraction of sp³-hybridized carbons (Fsp3) is 0.455. The van der Waals surface area contributed by atoms with Gasteiger partial charge in [0.1, 0.15) is 5.78 Å². The molecule has 80 valence electrons. The second-order valence-corrected chi connectivity index (χ2v) is 4.61. The van der Waals surface area contributed by atoms with Gasteiger partial charge in [0.2, 0.25) is 0 Å². The second-order valence-electron chi connectivity index (χ2n) is 3.66. The molecule has 0 saturated carbocycles.